The molecule has 9 heteroatoms. The first-order valence-electron chi connectivity index (χ1n) is 8.40. The summed E-state index contributed by atoms with van der Waals surface area (Å²) in [5.41, 5.74) is 1.07. The van der Waals surface area contributed by atoms with Crippen LogP contribution in [0.4, 0.5) is 5.69 Å². The Morgan fingerprint density at radius 1 is 1.14 bits per heavy atom. The Labute approximate surface area is 170 Å². The van der Waals surface area contributed by atoms with Gasteiger partial charge in [-0.2, -0.15) is 0 Å². The van der Waals surface area contributed by atoms with E-state index in [-0.39, 0.29) is 6.54 Å². The van der Waals surface area contributed by atoms with Crippen molar-refractivity contribution in [1.82, 2.24) is 5.32 Å². The molecule has 1 N–H and O–H groups in total. The highest BCUT2D eigenvalue weighted by molar-refractivity contribution is 7.92. The van der Waals surface area contributed by atoms with E-state index in [1.165, 1.54) is 7.11 Å². The predicted molar refractivity (Wildman–Crippen MR) is 110 cm³/mol. The van der Waals surface area contributed by atoms with E-state index >= 15 is 0 Å². The summed E-state index contributed by atoms with van der Waals surface area (Å²) < 4.78 is 35.9. The van der Waals surface area contributed by atoms with E-state index in [9.17, 15) is 13.2 Å². The van der Waals surface area contributed by atoms with Crippen LogP contribution in [-0.4, -0.2) is 41.3 Å². The number of ether oxygens (including phenoxy) is 2. The maximum atomic E-state index is 12.6. The summed E-state index contributed by atoms with van der Waals surface area (Å²) >= 11 is 5.86. The quantitative estimate of drug-likeness (QED) is 0.701. The van der Waals surface area contributed by atoms with Crippen LogP contribution < -0.4 is 19.1 Å². The highest BCUT2D eigenvalue weighted by atomic mass is 35.5. The minimum absolute atomic E-state index is 0.355. The number of sulfonamides is 1. The Morgan fingerprint density at radius 3 is 2.32 bits per heavy atom. The van der Waals surface area contributed by atoms with Gasteiger partial charge in [-0.3, -0.25) is 9.10 Å². The summed E-state index contributed by atoms with van der Waals surface area (Å²) in [6.45, 7) is 1.42. The molecule has 0 aliphatic heterocycles. The molecule has 0 bridgehead atoms. The molecule has 0 fully saturated rings. The van der Waals surface area contributed by atoms with E-state index in [1.54, 1.807) is 56.5 Å². The van der Waals surface area contributed by atoms with E-state index in [4.69, 9.17) is 21.1 Å². The first kappa shape index (κ1) is 21.8. The number of hydrogen-bond acceptors (Lipinski definition) is 5. The van der Waals surface area contributed by atoms with Gasteiger partial charge in [-0.25, -0.2) is 8.42 Å². The largest absolute Gasteiger partial charge is 0.497 e. The Morgan fingerprint density at radius 2 is 1.79 bits per heavy atom. The molecule has 152 valence electrons. The first-order chi connectivity index (χ1) is 13.2. The van der Waals surface area contributed by atoms with Crippen molar-refractivity contribution in [1.29, 1.82) is 0 Å². The van der Waals surface area contributed by atoms with Gasteiger partial charge < -0.3 is 14.8 Å². The minimum atomic E-state index is -3.67. The molecule has 2 aromatic rings. The van der Waals surface area contributed by atoms with Crippen molar-refractivity contribution in [3.05, 3.63) is 53.1 Å². The van der Waals surface area contributed by atoms with Crippen molar-refractivity contribution in [2.24, 2.45) is 0 Å². The molecule has 0 aliphatic carbocycles. The summed E-state index contributed by atoms with van der Waals surface area (Å²) in [5, 5.41) is 3.27. The fourth-order valence-corrected chi connectivity index (χ4v) is 3.66. The van der Waals surface area contributed by atoms with Crippen LogP contribution in [0.15, 0.2) is 42.5 Å². The van der Waals surface area contributed by atoms with Gasteiger partial charge in [0, 0.05) is 10.6 Å². The lowest BCUT2D eigenvalue weighted by Crippen LogP contribution is -2.41. The van der Waals surface area contributed by atoms with Gasteiger partial charge in [-0.05, 0) is 49.4 Å². The zero-order chi connectivity index (χ0) is 20.9. The second-order valence-corrected chi connectivity index (χ2v) is 8.49. The zero-order valence-electron chi connectivity index (χ0n) is 16.1. The molecule has 0 aromatic heterocycles. The maximum Gasteiger partial charge on any atom is 0.241 e. The molecule has 2 rings (SSSR count). The van der Waals surface area contributed by atoms with E-state index in [0.29, 0.717) is 27.8 Å². The summed E-state index contributed by atoms with van der Waals surface area (Å²) in [7, 11) is -0.585. The number of carbonyl (C=O) groups is 1. The number of nitrogens with zero attached hydrogens (tertiary/aromatic N) is 1. The van der Waals surface area contributed by atoms with Crippen LogP contribution in [0.2, 0.25) is 5.02 Å². The van der Waals surface area contributed by atoms with Crippen molar-refractivity contribution >= 4 is 33.2 Å². The average molecular weight is 427 g/mol. The van der Waals surface area contributed by atoms with Gasteiger partial charge in [0.05, 0.1) is 32.2 Å². The third-order valence-electron chi connectivity index (χ3n) is 4.08. The molecule has 0 saturated carbocycles. The SMILES string of the molecule is COc1ccc(OC)c([C@@H](C)NC(=O)CN(c2ccc(Cl)cc2)S(C)(=O)=O)c1. The van der Waals surface area contributed by atoms with Gasteiger partial charge in [0.1, 0.15) is 18.0 Å². The lowest BCUT2D eigenvalue weighted by atomic mass is 10.1. The summed E-state index contributed by atoms with van der Waals surface area (Å²) in [5.74, 6) is 0.750. The highest BCUT2D eigenvalue weighted by Crippen LogP contribution is 2.29. The van der Waals surface area contributed by atoms with Gasteiger partial charge in [0.15, 0.2) is 0 Å². The molecule has 0 unspecified atom stereocenters. The van der Waals surface area contributed by atoms with Gasteiger partial charge in [-0.1, -0.05) is 11.6 Å². The lowest BCUT2D eigenvalue weighted by molar-refractivity contribution is -0.120. The smallest absolute Gasteiger partial charge is 0.241 e. The molecule has 7 nitrogen and oxygen atoms in total. The van der Waals surface area contributed by atoms with E-state index in [0.717, 1.165) is 10.6 Å². The number of methoxy groups -OCH3 is 2. The van der Waals surface area contributed by atoms with Crippen LogP contribution in [0.5, 0.6) is 11.5 Å². The number of nitrogens with one attached hydrogen (secondary N) is 1. The summed E-state index contributed by atoms with van der Waals surface area (Å²) in [6, 6.07) is 11.1. The van der Waals surface area contributed by atoms with Gasteiger partial charge in [-0.15, -0.1) is 0 Å². The Hall–Kier alpha value is -2.45. The molecule has 0 spiro atoms. The first-order valence-corrected chi connectivity index (χ1v) is 10.6. The van der Waals surface area contributed by atoms with Gasteiger partial charge in [0.2, 0.25) is 15.9 Å². The molecular weight excluding hydrogens is 404 g/mol. The fraction of sp³-hybridized carbons (Fsp3) is 0.316. The molecule has 1 amide bonds. The lowest BCUT2D eigenvalue weighted by Gasteiger charge is -2.24. The molecule has 28 heavy (non-hydrogen) atoms. The number of hydrogen-bond donors (Lipinski definition) is 1. The molecule has 2 aromatic carbocycles. The maximum absolute atomic E-state index is 12.6. The number of carbonyl (C=O) groups excluding carboxylic acids is 1. The molecular formula is C19H23ClN2O5S. The topological polar surface area (TPSA) is 84.9 Å². The van der Waals surface area contributed by atoms with Crippen molar-refractivity contribution in [2.45, 2.75) is 13.0 Å². The Kier molecular flexibility index (Phi) is 7.15. The molecule has 0 radical (unpaired) electrons. The summed E-state index contributed by atoms with van der Waals surface area (Å²) in [6.07, 6.45) is 1.05. The van der Waals surface area contributed by atoms with Gasteiger partial charge in [0.25, 0.3) is 0 Å². The molecule has 0 saturated heterocycles. The van der Waals surface area contributed by atoms with E-state index in [2.05, 4.69) is 5.32 Å². The van der Waals surface area contributed by atoms with Crippen molar-refractivity contribution in [3.63, 3.8) is 0 Å². The number of amides is 1. The van der Waals surface area contributed by atoms with Crippen LogP contribution in [0, 0.1) is 0 Å². The normalized spacial score (nSPS) is 12.2. The predicted octanol–water partition coefficient (Wildman–Crippen LogP) is 3.00. The number of anilines is 1. The van der Waals surface area contributed by atoms with Crippen LogP contribution >= 0.6 is 11.6 Å². The monoisotopic (exact) mass is 426 g/mol. The van der Waals surface area contributed by atoms with Crippen molar-refractivity contribution < 1.29 is 22.7 Å². The van der Waals surface area contributed by atoms with Crippen LogP contribution in [0.3, 0.4) is 0 Å². The zero-order valence-corrected chi connectivity index (χ0v) is 17.7. The molecule has 0 heterocycles. The fourth-order valence-electron chi connectivity index (χ4n) is 2.68. The van der Waals surface area contributed by atoms with Crippen LogP contribution in [0.25, 0.3) is 0 Å². The highest BCUT2D eigenvalue weighted by Gasteiger charge is 2.23. The van der Waals surface area contributed by atoms with Gasteiger partial charge >= 0.3 is 0 Å². The Balaban J connectivity index is 2.20. The molecule has 0 aliphatic rings. The average Bonchev–Trinajstić information content (AvgIpc) is 2.65. The van der Waals surface area contributed by atoms with E-state index in [1.807, 2.05) is 0 Å². The number of rotatable bonds is 8. The van der Waals surface area contributed by atoms with E-state index < -0.39 is 22.0 Å². The number of halogens is 1. The van der Waals surface area contributed by atoms with Crippen molar-refractivity contribution in [3.8, 4) is 11.5 Å². The van der Waals surface area contributed by atoms with Crippen molar-refractivity contribution in [2.75, 3.05) is 31.3 Å². The molecule has 1 atom stereocenters. The minimum Gasteiger partial charge on any atom is -0.497 e. The Bertz CT molecular complexity index is 932. The van der Waals surface area contributed by atoms with Crippen LogP contribution in [0.1, 0.15) is 18.5 Å². The standard InChI is InChI=1S/C19H23ClN2O5S/c1-13(17-11-16(26-2)9-10-18(17)27-3)21-19(23)12-22(28(4,24)25)15-7-5-14(20)6-8-15/h5-11,13H,12H2,1-4H3,(H,21,23)/t13-/m1/s1. The third kappa shape index (κ3) is 5.53. The second kappa shape index (κ2) is 9.16. The second-order valence-electron chi connectivity index (χ2n) is 6.14. The van der Waals surface area contributed by atoms with Crippen LogP contribution in [-0.2, 0) is 14.8 Å². The summed E-state index contributed by atoms with van der Waals surface area (Å²) in [4.78, 5) is 12.6. The number of benzene rings is 2. The third-order valence-corrected chi connectivity index (χ3v) is 5.48.